The number of phenolic OH excluding ortho intramolecular Hbond substituents is 1. The lowest BCUT2D eigenvalue weighted by atomic mass is 9.99. The zero-order valence-corrected chi connectivity index (χ0v) is 12.0. The van der Waals surface area contributed by atoms with Gasteiger partial charge in [-0.2, -0.15) is 0 Å². The van der Waals surface area contributed by atoms with Crippen LogP contribution >= 0.6 is 0 Å². The Morgan fingerprint density at radius 1 is 1.09 bits per heavy atom. The molecule has 0 aliphatic carbocycles. The number of carbonyl (C=O) groups is 1. The first-order valence-electron chi connectivity index (χ1n) is 6.90. The van der Waals surface area contributed by atoms with Crippen molar-refractivity contribution >= 4 is 12.0 Å². The standard InChI is InChI=1S/C15H18O8/c16-9-4-1-8(2-5-9)3-6-11(17)22-7-10-12(18)13(19)14(20)15(21)23-10/h1-6,10,12-16,18-21H,7H2/b6-3+/t10-,12-,13+,14-,15-/m0/s1. The van der Waals surface area contributed by atoms with Crippen molar-refractivity contribution < 1.29 is 39.8 Å². The Kier molecular flexibility index (Phi) is 5.69. The summed E-state index contributed by atoms with van der Waals surface area (Å²) < 4.78 is 9.74. The molecule has 1 aromatic carbocycles. The number of aliphatic hydroxyl groups excluding tert-OH is 4. The van der Waals surface area contributed by atoms with Gasteiger partial charge in [0.05, 0.1) is 0 Å². The maximum atomic E-state index is 11.6. The van der Waals surface area contributed by atoms with Crippen molar-refractivity contribution in [2.24, 2.45) is 0 Å². The van der Waals surface area contributed by atoms with Crippen molar-refractivity contribution in [3.05, 3.63) is 35.9 Å². The van der Waals surface area contributed by atoms with E-state index in [0.29, 0.717) is 5.56 Å². The van der Waals surface area contributed by atoms with Crippen LogP contribution in [0, 0.1) is 0 Å². The van der Waals surface area contributed by atoms with E-state index in [-0.39, 0.29) is 5.75 Å². The third kappa shape index (κ3) is 4.50. The molecule has 0 unspecified atom stereocenters. The minimum Gasteiger partial charge on any atom is -0.508 e. The minimum atomic E-state index is -1.68. The van der Waals surface area contributed by atoms with Gasteiger partial charge in [0, 0.05) is 6.08 Å². The van der Waals surface area contributed by atoms with Crippen molar-refractivity contribution in [1.82, 2.24) is 0 Å². The largest absolute Gasteiger partial charge is 0.508 e. The van der Waals surface area contributed by atoms with E-state index < -0.39 is 43.3 Å². The monoisotopic (exact) mass is 326 g/mol. The first-order chi connectivity index (χ1) is 10.9. The Morgan fingerprint density at radius 3 is 2.39 bits per heavy atom. The third-order valence-corrected chi connectivity index (χ3v) is 3.38. The minimum absolute atomic E-state index is 0.104. The molecule has 0 radical (unpaired) electrons. The van der Waals surface area contributed by atoms with Crippen LogP contribution in [0.4, 0.5) is 0 Å². The fraction of sp³-hybridized carbons (Fsp3) is 0.400. The molecular formula is C15H18O8. The summed E-state index contributed by atoms with van der Waals surface area (Å²) in [4.78, 5) is 11.6. The smallest absolute Gasteiger partial charge is 0.330 e. The van der Waals surface area contributed by atoms with E-state index in [0.717, 1.165) is 6.08 Å². The second kappa shape index (κ2) is 7.53. The number of ether oxygens (including phenoxy) is 2. The number of carbonyl (C=O) groups excluding carboxylic acids is 1. The third-order valence-electron chi connectivity index (χ3n) is 3.38. The van der Waals surface area contributed by atoms with Gasteiger partial charge in [-0.15, -0.1) is 0 Å². The molecule has 0 amide bonds. The molecular weight excluding hydrogens is 308 g/mol. The predicted molar refractivity (Wildman–Crippen MR) is 77.0 cm³/mol. The first-order valence-corrected chi connectivity index (χ1v) is 6.90. The van der Waals surface area contributed by atoms with Crippen molar-refractivity contribution in [3.8, 4) is 5.75 Å². The second-order valence-corrected chi connectivity index (χ2v) is 5.09. The summed E-state index contributed by atoms with van der Waals surface area (Å²) in [5.74, 6) is -0.614. The van der Waals surface area contributed by atoms with E-state index in [9.17, 15) is 25.2 Å². The van der Waals surface area contributed by atoms with Gasteiger partial charge in [-0.25, -0.2) is 4.79 Å². The molecule has 5 atom stereocenters. The van der Waals surface area contributed by atoms with Gasteiger partial charge >= 0.3 is 5.97 Å². The number of esters is 1. The van der Waals surface area contributed by atoms with E-state index in [1.807, 2.05) is 0 Å². The van der Waals surface area contributed by atoms with Crippen LogP contribution in [-0.2, 0) is 14.3 Å². The molecule has 0 spiro atoms. The second-order valence-electron chi connectivity index (χ2n) is 5.09. The van der Waals surface area contributed by atoms with E-state index in [2.05, 4.69) is 0 Å². The highest BCUT2D eigenvalue weighted by atomic mass is 16.6. The normalized spacial score (nSPS) is 31.2. The molecule has 1 saturated heterocycles. The summed E-state index contributed by atoms with van der Waals surface area (Å²) in [7, 11) is 0. The molecule has 8 heteroatoms. The molecule has 0 bridgehead atoms. The summed E-state index contributed by atoms with van der Waals surface area (Å²) in [5.41, 5.74) is 0.669. The molecule has 1 aromatic rings. The number of hydrogen-bond donors (Lipinski definition) is 5. The van der Waals surface area contributed by atoms with Crippen LogP contribution in [0.3, 0.4) is 0 Å². The van der Waals surface area contributed by atoms with Gasteiger partial charge in [-0.1, -0.05) is 12.1 Å². The van der Waals surface area contributed by atoms with Crippen LogP contribution < -0.4 is 0 Å². The molecule has 1 aliphatic rings. The lowest BCUT2D eigenvalue weighted by Gasteiger charge is -2.37. The summed E-state index contributed by atoms with van der Waals surface area (Å²) >= 11 is 0. The molecule has 23 heavy (non-hydrogen) atoms. The molecule has 8 nitrogen and oxygen atoms in total. The Labute approximate surface area is 131 Å². The fourth-order valence-corrected chi connectivity index (χ4v) is 2.03. The summed E-state index contributed by atoms with van der Waals surface area (Å²) in [6, 6.07) is 6.12. The van der Waals surface area contributed by atoms with Gasteiger partial charge in [0.1, 0.15) is 36.8 Å². The number of hydrogen-bond acceptors (Lipinski definition) is 8. The topological polar surface area (TPSA) is 137 Å². The molecule has 5 N–H and O–H groups in total. The van der Waals surface area contributed by atoms with Crippen molar-refractivity contribution in [1.29, 1.82) is 0 Å². The summed E-state index contributed by atoms with van der Waals surface area (Å²) in [5, 5.41) is 47.0. The van der Waals surface area contributed by atoms with E-state index in [4.69, 9.17) is 14.6 Å². The van der Waals surface area contributed by atoms with Gasteiger partial charge < -0.3 is 35.0 Å². The van der Waals surface area contributed by atoms with E-state index in [1.54, 1.807) is 12.1 Å². The Hall–Kier alpha value is -1.97. The Morgan fingerprint density at radius 2 is 1.74 bits per heavy atom. The van der Waals surface area contributed by atoms with Crippen LogP contribution in [0.1, 0.15) is 5.56 Å². The van der Waals surface area contributed by atoms with Gasteiger partial charge in [0.15, 0.2) is 6.29 Å². The maximum absolute atomic E-state index is 11.6. The number of rotatable bonds is 4. The molecule has 0 saturated carbocycles. The summed E-state index contributed by atoms with van der Waals surface area (Å²) in [6.07, 6.45) is -4.96. The SMILES string of the molecule is O=C(/C=C/c1ccc(O)cc1)OC[C@@H]1O[C@H](O)[C@@H](O)[C@H](O)[C@H]1O. The lowest BCUT2D eigenvalue weighted by molar-refractivity contribution is -0.287. The fourth-order valence-electron chi connectivity index (χ4n) is 2.03. The predicted octanol–water partition coefficient (Wildman–Crippen LogP) is -1.25. The van der Waals surface area contributed by atoms with E-state index in [1.165, 1.54) is 18.2 Å². The number of aromatic hydroxyl groups is 1. The van der Waals surface area contributed by atoms with Crippen LogP contribution in [0.15, 0.2) is 30.3 Å². The molecule has 1 fully saturated rings. The van der Waals surface area contributed by atoms with Crippen LogP contribution in [0.25, 0.3) is 6.08 Å². The van der Waals surface area contributed by atoms with Gasteiger partial charge in [-0.3, -0.25) is 0 Å². The number of phenols is 1. The van der Waals surface area contributed by atoms with Crippen LogP contribution in [0.2, 0.25) is 0 Å². The van der Waals surface area contributed by atoms with Crippen molar-refractivity contribution in [2.75, 3.05) is 6.61 Å². The molecule has 0 aromatic heterocycles. The average Bonchev–Trinajstić information content (AvgIpc) is 2.54. The van der Waals surface area contributed by atoms with Gasteiger partial charge in [0.25, 0.3) is 0 Å². The molecule has 1 aliphatic heterocycles. The average molecular weight is 326 g/mol. The van der Waals surface area contributed by atoms with Gasteiger partial charge in [0.2, 0.25) is 0 Å². The summed E-state index contributed by atoms with van der Waals surface area (Å²) in [6.45, 7) is -0.402. The van der Waals surface area contributed by atoms with Crippen molar-refractivity contribution in [2.45, 2.75) is 30.7 Å². The first kappa shape index (κ1) is 17.4. The molecule has 126 valence electrons. The highest BCUT2D eigenvalue weighted by Gasteiger charge is 2.43. The van der Waals surface area contributed by atoms with E-state index >= 15 is 0 Å². The van der Waals surface area contributed by atoms with Gasteiger partial charge in [-0.05, 0) is 23.8 Å². The van der Waals surface area contributed by atoms with Crippen molar-refractivity contribution in [3.63, 3.8) is 0 Å². The Bertz CT molecular complexity index is 555. The molecule has 2 rings (SSSR count). The number of benzene rings is 1. The van der Waals surface area contributed by atoms with Crippen LogP contribution in [-0.4, -0.2) is 68.8 Å². The van der Waals surface area contributed by atoms with Crippen LogP contribution in [0.5, 0.6) is 5.75 Å². The Balaban J connectivity index is 1.85. The zero-order valence-electron chi connectivity index (χ0n) is 12.0. The molecule has 1 heterocycles. The highest BCUT2D eigenvalue weighted by molar-refractivity contribution is 5.87. The number of aliphatic hydroxyl groups is 4. The zero-order chi connectivity index (χ0) is 17.0. The highest BCUT2D eigenvalue weighted by Crippen LogP contribution is 2.20. The maximum Gasteiger partial charge on any atom is 0.330 e. The lowest BCUT2D eigenvalue weighted by Crippen LogP contribution is -2.58. The quantitative estimate of drug-likeness (QED) is 0.342.